The van der Waals surface area contributed by atoms with E-state index in [-0.39, 0.29) is 0 Å². The molecule has 0 radical (unpaired) electrons. The van der Waals surface area contributed by atoms with Gasteiger partial charge in [0, 0.05) is 0 Å². The summed E-state index contributed by atoms with van der Waals surface area (Å²) in [6.07, 6.45) is -2.58. The lowest BCUT2D eigenvalue weighted by atomic mass is 11.1. The number of rotatable bonds is 2. The fraction of sp³-hybridized carbons (Fsp3) is 0.500. The lowest BCUT2D eigenvalue weighted by Gasteiger charge is -2.10. The molecular weight excluding hydrogens is 169 g/mol. The smallest absolute Gasteiger partial charge is 0.256 e. The van der Waals surface area contributed by atoms with Crippen molar-refractivity contribution < 1.29 is 17.4 Å². The fourth-order valence-electron chi connectivity index (χ4n) is 0.245. The molecule has 0 aliphatic heterocycles. The summed E-state index contributed by atoms with van der Waals surface area (Å²) in [6, 6.07) is 0. The average molecular weight is 175 g/mol. The molecule has 0 heterocycles. The van der Waals surface area contributed by atoms with Crippen molar-refractivity contribution in [2.45, 2.75) is 0 Å². The minimum atomic E-state index is -2.94. The van der Waals surface area contributed by atoms with Gasteiger partial charge in [0.25, 0.3) is 0 Å². The van der Waals surface area contributed by atoms with E-state index in [1.54, 1.807) is 0 Å². The molecule has 0 aliphatic rings. The maximum absolute atomic E-state index is 12.2. The van der Waals surface area contributed by atoms with Crippen molar-refractivity contribution in [1.82, 2.24) is 4.67 Å². The van der Waals surface area contributed by atoms with E-state index in [2.05, 4.69) is 0 Å². The third kappa shape index (κ3) is 2.62. The number of hydrogen-bond acceptors (Lipinski definition) is 1. The Balaban J connectivity index is 4.22. The quantitative estimate of drug-likeness (QED) is 0.460. The molecule has 6 heteroatoms. The molecule has 1 unspecified atom stereocenters. The molecule has 0 saturated heterocycles. The first-order valence-electron chi connectivity index (χ1n) is 2.30. The number of halogens is 4. The summed E-state index contributed by atoms with van der Waals surface area (Å²) in [7, 11) is -0.567. The fourth-order valence-corrected chi connectivity index (χ4v) is 0.736. The zero-order valence-corrected chi connectivity index (χ0v) is 6.30. The Kier molecular flexibility index (Phi) is 3.83. The predicted molar refractivity (Wildman–Crippen MR) is 32.1 cm³/mol. The van der Waals surface area contributed by atoms with Crippen molar-refractivity contribution in [2.24, 2.45) is 0 Å². The second kappa shape index (κ2) is 3.88. The van der Waals surface area contributed by atoms with Crippen molar-refractivity contribution >= 4 is 8.38 Å². The Bertz CT molecular complexity index is 142. The van der Waals surface area contributed by atoms with Crippen LogP contribution in [0.2, 0.25) is 0 Å². The summed E-state index contributed by atoms with van der Waals surface area (Å²) in [5.74, 6) is 0. The van der Waals surface area contributed by atoms with Gasteiger partial charge in [0.05, 0.1) is 0 Å². The Morgan fingerprint density at radius 1 is 1.20 bits per heavy atom. The zero-order chi connectivity index (χ0) is 8.31. The van der Waals surface area contributed by atoms with Gasteiger partial charge < -0.3 is 0 Å². The van der Waals surface area contributed by atoms with Crippen LogP contribution in [0.4, 0.5) is 17.4 Å². The Labute approximate surface area is 57.2 Å². The SMILES string of the molecule is CN(C)P(F)C(F)=C(F)F. The summed E-state index contributed by atoms with van der Waals surface area (Å²) in [5, 5.41) is 0. The summed E-state index contributed by atoms with van der Waals surface area (Å²) >= 11 is 0. The Hall–Kier alpha value is -0.150. The predicted octanol–water partition coefficient (Wildman–Crippen LogP) is 2.86. The molecule has 0 aromatic carbocycles. The molecule has 0 bridgehead atoms. The van der Waals surface area contributed by atoms with Crippen LogP contribution in [-0.2, 0) is 0 Å². The van der Waals surface area contributed by atoms with E-state index in [4.69, 9.17) is 0 Å². The van der Waals surface area contributed by atoms with Crippen LogP contribution in [0.5, 0.6) is 0 Å². The van der Waals surface area contributed by atoms with Gasteiger partial charge in [-0.15, -0.1) is 0 Å². The molecule has 0 fully saturated rings. The largest absolute Gasteiger partial charge is 0.310 e. The summed E-state index contributed by atoms with van der Waals surface area (Å²) in [6.45, 7) is 0. The first-order chi connectivity index (χ1) is 4.46. The topological polar surface area (TPSA) is 3.24 Å². The van der Waals surface area contributed by atoms with Crippen LogP contribution in [0.1, 0.15) is 0 Å². The van der Waals surface area contributed by atoms with Gasteiger partial charge in [0.2, 0.25) is 14.0 Å². The van der Waals surface area contributed by atoms with Crippen LogP contribution in [0.3, 0.4) is 0 Å². The molecule has 1 nitrogen and oxygen atoms in total. The van der Waals surface area contributed by atoms with Crippen molar-refractivity contribution in [2.75, 3.05) is 14.1 Å². The van der Waals surface area contributed by atoms with Crippen molar-refractivity contribution in [3.8, 4) is 0 Å². The van der Waals surface area contributed by atoms with E-state index in [1.165, 1.54) is 14.1 Å². The lowest BCUT2D eigenvalue weighted by Crippen LogP contribution is -2.01. The third-order valence-electron chi connectivity index (χ3n) is 0.669. The van der Waals surface area contributed by atoms with Gasteiger partial charge in [-0.3, -0.25) is 4.67 Å². The van der Waals surface area contributed by atoms with E-state index in [9.17, 15) is 17.4 Å². The summed E-state index contributed by atoms with van der Waals surface area (Å²) in [4.78, 5) is 0. The highest BCUT2D eigenvalue weighted by Gasteiger charge is 2.21. The van der Waals surface area contributed by atoms with E-state index in [0.717, 1.165) is 4.67 Å². The molecule has 0 saturated carbocycles. The molecule has 0 aromatic rings. The average Bonchev–Trinajstić information content (AvgIpc) is 1.84. The minimum absolute atomic E-state index is 0.768. The highest BCUT2D eigenvalue weighted by atomic mass is 31.2. The third-order valence-corrected chi connectivity index (χ3v) is 1.86. The summed E-state index contributed by atoms with van der Waals surface area (Å²) < 4.78 is 47.5. The van der Waals surface area contributed by atoms with E-state index in [0.29, 0.717) is 0 Å². The summed E-state index contributed by atoms with van der Waals surface area (Å²) in [5.41, 5.74) is -1.96. The van der Waals surface area contributed by atoms with Gasteiger partial charge >= 0.3 is 6.08 Å². The second-order valence-corrected chi connectivity index (χ2v) is 3.37. The van der Waals surface area contributed by atoms with Crippen molar-refractivity contribution in [1.29, 1.82) is 0 Å². The highest BCUT2D eigenvalue weighted by molar-refractivity contribution is 7.53. The molecule has 0 aliphatic carbocycles. The number of nitrogens with zero attached hydrogens (tertiary/aromatic N) is 1. The van der Waals surface area contributed by atoms with Crippen LogP contribution >= 0.6 is 8.38 Å². The van der Waals surface area contributed by atoms with Crippen LogP contribution in [0, 0.1) is 0 Å². The first kappa shape index (κ1) is 9.85. The molecule has 0 rings (SSSR count). The van der Waals surface area contributed by atoms with Gasteiger partial charge in [-0.1, -0.05) is 0 Å². The minimum Gasteiger partial charge on any atom is -0.256 e. The highest BCUT2D eigenvalue weighted by Crippen LogP contribution is 2.50. The number of hydrogen-bond donors (Lipinski definition) is 0. The Morgan fingerprint density at radius 2 is 1.60 bits per heavy atom. The van der Waals surface area contributed by atoms with E-state index in [1.807, 2.05) is 0 Å². The second-order valence-electron chi connectivity index (χ2n) is 1.66. The zero-order valence-electron chi connectivity index (χ0n) is 5.41. The van der Waals surface area contributed by atoms with Gasteiger partial charge in [-0.05, 0) is 14.1 Å². The first-order valence-corrected chi connectivity index (χ1v) is 3.49. The van der Waals surface area contributed by atoms with Crippen LogP contribution in [0.15, 0.2) is 11.6 Å². The van der Waals surface area contributed by atoms with Crippen molar-refractivity contribution in [3.05, 3.63) is 11.6 Å². The maximum Gasteiger partial charge on any atom is 0.310 e. The standard InChI is InChI=1S/C4H6F4NP/c1-9(2)10(8)4(7)3(5)6/h1-2H3. The van der Waals surface area contributed by atoms with Crippen LogP contribution in [0.25, 0.3) is 0 Å². The molecule has 0 N–H and O–H groups in total. The van der Waals surface area contributed by atoms with Gasteiger partial charge in [0.1, 0.15) is 0 Å². The lowest BCUT2D eigenvalue weighted by molar-refractivity contribution is 0.389. The molecule has 0 aromatic heterocycles. The Morgan fingerprint density at radius 3 is 1.70 bits per heavy atom. The normalized spacial score (nSPS) is 13.5. The molecule has 0 amide bonds. The van der Waals surface area contributed by atoms with E-state index < -0.39 is 20.0 Å². The van der Waals surface area contributed by atoms with E-state index >= 15 is 0 Å². The molecule has 0 spiro atoms. The van der Waals surface area contributed by atoms with Crippen LogP contribution < -0.4 is 0 Å². The molecule has 10 heavy (non-hydrogen) atoms. The van der Waals surface area contributed by atoms with Crippen LogP contribution in [-0.4, -0.2) is 18.8 Å². The molecule has 60 valence electrons. The van der Waals surface area contributed by atoms with Gasteiger partial charge in [0.15, 0.2) is 0 Å². The monoisotopic (exact) mass is 175 g/mol. The maximum atomic E-state index is 12.2. The van der Waals surface area contributed by atoms with Gasteiger partial charge in [-0.25, -0.2) is 4.20 Å². The molecular formula is C4H6F4NP. The molecule has 1 atom stereocenters. The van der Waals surface area contributed by atoms with Crippen molar-refractivity contribution in [3.63, 3.8) is 0 Å². The van der Waals surface area contributed by atoms with Gasteiger partial charge in [-0.2, -0.15) is 13.2 Å².